The molecule has 15 atom stereocenters. The summed E-state index contributed by atoms with van der Waals surface area (Å²) in [6.45, 7) is 2.13. The van der Waals surface area contributed by atoms with Crippen LogP contribution in [0.2, 0.25) is 0 Å². The van der Waals surface area contributed by atoms with Gasteiger partial charge in [-0.3, -0.25) is 0 Å². The van der Waals surface area contributed by atoms with Crippen molar-refractivity contribution >= 4 is 0 Å². The van der Waals surface area contributed by atoms with Gasteiger partial charge < -0.3 is 69.6 Å². The summed E-state index contributed by atoms with van der Waals surface area (Å²) < 4.78 is 27.0. The van der Waals surface area contributed by atoms with Gasteiger partial charge in [-0.05, 0) is 13.8 Å². The second-order valence-corrected chi connectivity index (χ2v) is 8.30. The van der Waals surface area contributed by atoms with Crippen LogP contribution in [0.1, 0.15) is 13.8 Å². The van der Waals surface area contributed by atoms with E-state index in [1.807, 2.05) is 0 Å². The van der Waals surface area contributed by atoms with Gasteiger partial charge in [0.1, 0.15) is 61.0 Å². The number of hydrogen-bond donors (Lipinski definition) is 9. The summed E-state index contributed by atoms with van der Waals surface area (Å²) in [7, 11) is 0. The summed E-state index contributed by atoms with van der Waals surface area (Å²) in [6, 6.07) is 0. The first kappa shape index (κ1) is 26.1. The highest BCUT2D eigenvalue weighted by molar-refractivity contribution is 4.95. The number of hydrogen-bond acceptors (Lipinski definition) is 14. The molecule has 0 amide bonds. The van der Waals surface area contributed by atoms with E-state index in [9.17, 15) is 46.0 Å². The highest BCUT2D eigenvalue weighted by atomic mass is 16.8. The smallest absolute Gasteiger partial charge is 0.187 e. The molecule has 3 saturated heterocycles. The van der Waals surface area contributed by atoms with Crippen molar-refractivity contribution in [2.24, 2.45) is 0 Å². The Bertz CT molecular complexity index is 608. The van der Waals surface area contributed by atoms with Crippen LogP contribution in [0.5, 0.6) is 0 Å². The maximum atomic E-state index is 10.6. The summed E-state index contributed by atoms with van der Waals surface area (Å²) in [5.74, 6) is 0. The Balaban J connectivity index is 1.79. The lowest BCUT2D eigenvalue weighted by molar-refractivity contribution is -0.384. The molecule has 0 aromatic heterocycles. The number of aliphatic hydroxyl groups is 9. The predicted molar refractivity (Wildman–Crippen MR) is 98.4 cm³/mol. The number of aliphatic hydroxyl groups excluding tert-OH is 9. The van der Waals surface area contributed by atoms with Crippen molar-refractivity contribution in [3.8, 4) is 0 Å². The molecule has 14 nitrogen and oxygen atoms in total. The maximum Gasteiger partial charge on any atom is 0.187 e. The third-order valence-electron chi connectivity index (χ3n) is 6.02. The fourth-order valence-electron chi connectivity index (χ4n) is 3.92. The van der Waals surface area contributed by atoms with Gasteiger partial charge in [0.15, 0.2) is 18.9 Å². The van der Waals surface area contributed by atoms with Crippen molar-refractivity contribution in [2.45, 2.75) is 106 Å². The lowest BCUT2D eigenvalue weighted by Crippen LogP contribution is -2.66. The molecule has 188 valence electrons. The van der Waals surface area contributed by atoms with Crippen LogP contribution in [-0.4, -0.2) is 145 Å². The van der Waals surface area contributed by atoms with E-state index in [0.717, 1.165) is 0 Å². The minimum atomic E-state index is -1.79. The molecule has 3 heterocycles. The molecule has 0 aromatic carbocycles. The normalized spacial score (nSPS) is 55.0. The molecule has 0 aliphatic carbocycles. The summed E-state index contributed by atoms with van der Waals surface area (Å²) in [6.07, 6.45) is -22.6. The molecule has 0 spiro atoms. The molecule has 0 bridgehead atoms. The van der Waals surface area contributed by atoms with Gasteiger partial charge in [-0.2, -0.15) is 0 Å². The molecule has 0 aromatic rings. The third-order valence-corrected chi connectivity index (χ3v) is 6.02. The molecule has 32 heavy (non-hydrogen) atoms. The van der Waals surface area contributed by atoms with E-state index < -0.39 is 98.7 Å². The first-order valence-electron chi connectivity index (χ1n) is 10.3. The van der Waals surface area contributed by atoms with Crippen molar-refractivity contribution in [2.75, 3.05) is 6.61 Å². The van der Waals surface area contributed by atoms with Crippen LogP contribution in [0, 0.1) is 0 Å². The highest BCUT2D eigenvalue weighted by Crippen LogP contribution is 2.32. The van der Waals surface area contributed by atoms with Gasteiger partial charge in [0.2, 0.25) is 0 Å². The fourth-order valence-corrected chi connectivity index (χ4v) is 3.92. The van der Waals surface area contributed by atoms with Crippen LogP contribution in [0.15, 0.2) is 0 Å². The first-order valence-corrected chi connectivity index (χ1v) is 10.3. The summed E-state index contributed by atoms with van der Waals surface area (Å²) in [4.78, 5) is 0. The standard InChI is InChI=1S/C18H32O14/c1-4-7(20)10(23)12(25)17(29-4)32-15-14(8(21)5(2)28-16(15)27)31-18-13(26)11(24)9(22)6(3-19)30-18/h4-27H,3H2,1-2H3/t4-,5-,6+,7-,8-,9+,10+,11-,12+,13+,14+,15+,16?,17-,18-/m0/s1. The maximum absolute atomic E-state index is 10.6. The Kier molecular flexibility index (Phi) is 8.44. The lowest BCUT2D eigenvalue weighted by Gasteiger charge is -2.47. The summed E-state index contributed by atoms with van der Waals surface area (Å²) >= 11 is 0. The first-order chi connectivity index (χ1) is 15.0. The molecule has 14 heteroatoms. The van der Waals surface area contributed by atoms with Crippen LogP contribution < -0.4 is 0 Å². The van der Waals surface area contributed by atoms with E-state index in [0.29, 0.717) is 0 Å². The number of ether oxygens (including phenoxy) is 5. The SMILES string of the molecule is C[C@@H]1O[C@@H](O[C@H]2C(O)O[C@@H](C)[C@H](O)[C@H]2O[C@@H]2O[C@H](CO)[C@@H](O)[C@H](O)[C@H]2O)[C@H](O)[C@H](O)[C@H]1O. The van der Waals surface area contributed by atoms with Crippen LogP contribution in [0.4, 0.5) is 0 Å². The van der Waals surface area contributed by atoms with E-state index in [4.69, 9.17) is 23.7 Å². The van der Waals surface area contributed by atoms with Crippen molar-refractivity contribution in [3.05, 3.63) is 0 Å². The predicted octanol–water partition coefficient (Wildman–Crippen LogP) is -5.52. The minimum Gasteiger partial charge on any atom is -0.394 e. The minimum absolute atomic E-state index is 0.708. The topological polar surface area (TPSA) is 228 Å². The van der Waals surface area contributed by atoms with Crippen molar-refractivity contribution in [1.82, 2.24) is 0 Å². The van der Waals surface area contributed by atoms with Crippen molar-refractivity contribution in [3.63, 3.8) is 0 Å². The lowest BCUT2D eigenvalue weighted by atomic mass is 9.96. The monoisotopic (exact) mass is 472 g/mol. The average Bonchev–Trinajstić information content (AvgIpc) is 2.76. The molecule has 0 saturated carbocycles. The van der Waals surface area contributed by atoms with Gasteiger partial charge in [-0.1, -0.05) is 0 Å². The zero-order valence-corrected chi connectivity index (χ0v) is 17.4. The largest absolute Gasteiger partial charge is 0.394 e. The van der Waals surface area contributed by atoms with Crippen molar-refractivity contribution in [1.29, 1.82) is 0 Å². The fraction of sp³-hybridized carbons (Fsp3) is 1.00. The van der Waals surface area contributed by atoms with Crippen LogP contribution in [0.25, 0.3) is 0 Å². The molecule has 3 aliphatic rings. The quantitative estimate of drug-likeness (QED) is 0.182. The second-order valence-electron chi connectivity index (χ2n) is 8.30. The van der Waals surface area contributed by atoms with Gasteiger partial charge in [0.25, 0.3) is 0 Å². The highest BCUT2D eigenvalue weighted by Gasteiger charge is 2.52. The molecular weight excluding hydrogens is 440 g/mol. The molecular formula is C18H32O14. The van der Waals surface area contributed by atoms with Gasteiger partial charge in [0, 0.05) is 0 Å². The van der Waals surface area contributed by atoms with E-state index in [1.54, 1.807) is 0 Å². The van der Waals surface area contributed by atoms with Crippen LogP contribution in [-0.2, 0) is 23.7 Å². The molecule has 0 radical (unpaired) electrons. The van der Waals surface area contributed by atoms with Gasteiger partial charge in [0.05, 0.1) is 18.8 Å². The van der Waals surface area contributed by atoms with E-state index in [-0.39, 0.29) is 0 Å². The average molecular weight is 472 g/mol. The van der Waals surface area contributed by atoms with E-state index in [2.05, 4.69) is 0 Å². The molecule has 3 rings (SSSR count). The Labute approximate surface area is 183 Å². The molecule has 3 aliphatic heterocycles. The molecule has 3 fully saturated rings. The molecule has 1 unspecified atom stereocenters. The van der Waals surface area contributed by atoms with E-state index >= 15 is 0 Å². The second kappa shape index (κ2) is 10.4. The van der Waals surface area contributed by atoms with Gasteiger partial charge in [-0.15, -0.1) is 0 Å². The van der Waals surface area contributed by atoms with Crippen LogP contribution in [0.3, 0.4) is 0 Å². The Hall–Kier alpha value is -0.560. The van der Waals surface area contributed by atoms with Gasteiger partial charge >= 0.3 is 0 Å². The zero-order valence-electron chi connectivity index (χ0n) is 17.4. The number of rotatable bonds is 5. The van der Waals surface area contributed by atoms with E-state index in [1.165, 1.54) is 13.8 Å². The third kappa shape index (κ3) is 4.94. The van der Waals surface area contributed by atoms with Crippen molar-refractivity contribution < 1.29 is 69.6 Å². The zero-order chi connectivity index (χ0) is 23.9. The summed E-state index contributed by atoms with van der Waals surface area (Å²) in [5.41, 5.74) is 0. The Morgan fingerprint density at radius 2 is 1.06 bits per heavy atom. The van der Waals surface area contributed by atoms with Crippen LogP contribution >= 0.6 is 0 Å². The summed E-state index contributed by atoms with van der Waals surface area (Å²) in [5, 5.41) is 90.5. The Morgan fingerprint density at radius 1 is 0.562 bits per heavy atom. The Morgan fingerprint density at radius 3 is 1.66 bits per heavy atom. The van der Waals surface area contributed by atoms with Gasteiger partial charge in [-0.25, -0.2) is 0 Å². The molecule has 9 N–H and O–H groups in total.